The van der Waals surface area contributed by atoms with E-state index in [4.69, 9.17) is 10.8 Å². The van der Waals surface area contributed by atoms with E-state index in [0.29, 0.717) is 0 Å². The van der Waals surface area contributed by atoms with Crippen molar-refractivity contribution < 1.29 is 14.3 Å². The Labute approximate surface area is 155 Å². The molecule has 1 saturated carbocycles. The standard InChI is InChI=1S/C21H36O3Si/c1-7-21(6,24-25(8-2,9-3)10-4)15-11-12-17(5)19(22)16-20(23)18-13-14-18/h1,12,18-19,22H,8-11,13-16H2,2-6H3/b17-12+/t19?,21-/m1/s1. The van der Waals surface area contributed by atoms with Crippen LogP contribution in [0.15, 0.2) is 11.6 Å². The Morgan fingerprint density at radius 3 is 2.36 bits per heavy atom. The molecule has 1 fully saturated rings. The van der Waals surface area contributed by atoms with E-state index in [1.54, 1.807) is 0 Å². The summed E-state index contributed by atoms with van der Waals surface area (Å²) in [6.07, 6.45) is 10.9. The van der Waals surface area contributed by atoms with E-state index in [1.165, 1.54) is 0 Å². The van der Waals surface area contributed by atoms with Crippen molar-refractivity contribution in [2.45, 2.75) is 96.6 Å². The number of carbonyl (C=O) groups is 1. The molecule has 0 bridgehead atoms. The van der Waals surface area contributed by atoms with Gasteiger partial charge in [0.25, 0.3) is 0 Å². The summed E-state index contributed by atoms with van der Waals surface area (Å²) >= 11 is 0. The van der Waals surface area contributed by atoms with Gasteiger partial charge in [-0.05, 0) is 63.2 Å². The van der Waals surface area contributed by atoms with Crippen molar-refractivity contribution in [1.29, 1.82) is 0 Å². The van der Waals surface area contributed by atoms with Crippen molar-refractivity contribution >= 4 is 14.1 Å². The van der Waals surface area contributed by atoms with Crippen LogP contribution < -0.4 is 0 Å². The minimum Gasteiger partial charge on any atom is -0.401 e. The van der Waals surface area contributed by atoms with E-state index in [-0.39, 0.29) is 18.1 Å². The van der Waals surface area contributed by atoms with E-state index in [2.05, 4.69) is 26.7 Å². The minimum absolute atomic E-state index is 0.196. The highest BCUT2D eigenvalue weighted by atomic mass is 28.4. The highest BCUT2D eigenvalue weighted by Gasteiger charge is 2.36. The van der Waals surface area contributed by atoms with Gasteiger partial charge in [-0.1, -0.05) is 32.8 Å². The van der Waals surface area contributed by atoms with Crippen molar-refractivity contribution in [1.82, 2.24) is 0 Å². The molecule has 4 heteroatoms. The fraction of sp³-hybridized carbons (Fsp3) is 0.762. The zero-order valence-corrected chi connectivity index (χ0v) is 17.7. The molecule has 3 nitrogen and oxygen atoms in total. The fourth-order valence-electron chi connectivity index (χ4n) is 3.23. The van der Waals surface area contributed by atoms with Crippen LogP contribution >= 0.6 is 0 Å². The zero-order valence-electron chi connectivity index (χ0n) is 16.7. The number of allylic oxidation sites excluding steroid dienone is 1. The molecule has 0 aromatic carbocycles. The molecule has 1 unspecified atom stereocenters. The predicted octanol–water partition coefficient (Wildman–Crippen LogP) is 4.86. The second kappa shape index (κ2) is 9.71. The van der Waals surface area contributed by atoms with E-state index in [1.807, 2.05) is 19.9 Å². The smallest absolute Gasteiger partial charge is 0.194 e. The second-order valence-electron chi connectivity index (χ2n) is 7.67. The molecule has 1 aliphatic rings. The molecule has 0 saturated heterocycles. The van der Waals surface area contributed by atoms with Crippen molar-refractivity contribution in [3.05, 3.63) is 11.6 Å². The molecule has 0 spiro atoms. The van der Waals surface area contributed by atoms with Crippen LogP contribution in [0.1, 0.15) is 66.7 Å². The van der Waals surface area contributed by atoms with Gasteiger partial charge in [0.05, 0.1) is 6.10 Å². The van der Waals surface area contributed by atoms with Gasteiger partial charge in [0.2, 0.25) is 0 Å². The molecule has 0 aromatic heterocycles. The molecule has 1 rings (SSSR count). The average molecular weight is 365 g/mol. The zero-order chi connectivity index (χ0) is 19.1. The lowest BCUT2D eigenvalue weighted by Crippen LogP contribution is -2.45. The molecule has 0 amide bonds. The third kappa shape index (κ3) is 6.73. The number of ketones is 1. The number of rotatable bonds is 12. The molecule has 1 N–H and O–H groups in total. The summed E-state index contributed by atoms with van der Waals surface area (Å²) in [5.74, 6) is 3.26. The molecule has 0 heterocycles. The normalized spacial score (nSPS) is 19.2. The lowest BCUT2D eigenvalue weighted by molar-refractivity contribution is -0.121. The van der Waals surface area contributed by atoms with Gasteiger partial charge >= 0.3 is 0 Å². The highest BCUT2D eigenvalue weighted by Crippen LogP contribution is 2.32. The van der Waals surface area contributed by atoms with Crippen LogP contribution in [0.25, 0.3) is 0 Å². The molecule has 0 radical (unpaired) electrons. The molecular formula is C21H36O3Si. The van der Waals surface area contributed by atoms with Crippen molar-refractivity contribution in [3.8, 4) is 12.3 Å². The number of terminal acetylenes is 1. The molecule has 25 heavy (non-hydrogen) atoms. The predicted molar refractivity (Wildman–Crippen MR) is 107 cm³/mol. The maximum atomic E-state index is 11.8. The Morgan fingerprint density at radius 1 is 1.36 bits per heavy atom. The Morgan fingerprint density at radius 2 is 1.92 bits per heavy atom. The largest absolute Gasteiger partial charge is 0.401 e. The molecule has 0 aliphatic heterocycles. The minimum atomic E-state index is -1.76. The van der Waals surface area contributed by atoms with Gasteiger partial charge < -0.3 is 9.53 Å². The Hall–Kier alpha value is -0.893. The Bertz CT molecular complexity index is 503. The first kappa shape index (κ1) is 22.1. The number of aliphatic hydroxyl groups is 1. The number of hydrogen-bond acceptors (Lipinski definition) is 3. The van der Waals surface area contributed by atoms with Crippen LogP contribution in [-0.4, -0.2) is 30.9 Å². The monoisotopic (exact) mass is 364 g/mol. The SMILES string of the molecule is C#C[C@](C)(CC/C=C(\C)C(O)CC(=O)C1CC1)O[Si](CC)(CC)CC. The van der Waals surface area contributed by atoms with Crippen LogP contribution in [0.2, 0.25) is 18.1 Å². The first-order chi connectivity index (χ1) is 11.7. The topological polar surface area (TPSA) is 46.5 Å². The van der Waals surface area contributed by atoms with E-state index in [0.717, 1.165) is 49.4 Å². The van der Waals surface area contributed by atoms with Crippen LogP contribution in [0.3, 0.4) is 0 Å². The fourth-order valence-corrected chi connectivity index (χ4v) is 6.28. The Balaban J connectivity index is 2.59. The van der Waals surface area contributed by atoms with Gasteiger partial charge in [0.15, 0.2) is 8.32 Å². The third-order valence-corrected chi connectivity index (χ3v) is 10.5. The van der Waals surface area contributed by atoms with Crippen LogP contribution in [0.4, 0.5) is 0 Å². The number of carbonyl (C=O) groups excluding carboxylic acids is 1. The van der Waals surface area contributed by atoms with Crippen molar-refractivity contribution in [2.24, 2.45) is 5.92 Å². The van der Waals surface area contributed by atoms with Crippen LogP contribution in [0.5, 0.6) is 0 Å². The third-order valence-electron chi connectivity index (χ3n) is 5.72. The molecule has 0 aromatic rings. The van der Waals surface area contributed by atoms with Gasteiger partial charge in [0, 0.05) is 12.3 Å². The van der Waals surface area contributed by atoms with Gasteiger partial charge in [-0.3, -0.25) is 4.79 Å². The van der Waals surface area contributed by atoms with E-state index >= 15 is 0 Å². The maximum Gasteiger partial charge on any atom is 0.194 e. The summed E-state index contributed by atoms with van der Waals surface area (Å²) < 4.78 is 6.53. The molecular weight excluding hydrogens is 328 g/mol. The van der Waals surface area contributed by atoms with Gasteiger partial charge in [-0.2, -0.15) is 0 Å². The van der Waals surface area contributed by atoms with E-state index in [9.17, 15) is 9.90 Å². The first-order valence-electron chi connectivity index (χ1n) is 9.80. The number of hydrogen-bond donors (Lipinski definition) is 1. The second-order valence-corrected chi connectivity index (χ2v) is 12.4. The van der Waals surface area contributed by atoms with Crippen molar-refractivity contribution in [3.63, 3.8) is 0 Å². The molecule has 1 aliphatic carbocycles. The first-order valence-corrected chi connectivity index (χ1v) is 12.3. The van der Waals surface area contributed by atoms with Gasteiger partial charge in [-0.15, -0.1) is 6.42 Å². The lowest BCUT2D eigenvalue weighted by Gasteiger charge is -2.37. The number of aliphatic hydroxyl groups excluding tert-OH is 1. The maximum absolute atomic E-state index is 11.8. The summed E-state index contributed by atoms with van der Waals surface area (Å²) in [6, 6.07) is 3.23. The summed E-state index contributed by atoms with van der Waals surface area (Å²) in [5.41, 5.74) is 0.304. The lowest BCUT2D eigenvalue weighted by atomic mass is 9.98. The summed E-state index contributed by atoms with van der Waals surface area (Å²) in [4.78, 5) is 11.8. The Kier molecular flexibility index (Phi) is 8.60. The highest BCUT2D eigenvalue weighted by molar-refractivity contribution is 6.73. The molecule has 2 atom stereocenters. The van der Waals surface area contributed by atoms with Crippen LogP contribution in [0, 0.1) is 18.3 Å². The van der Waals surface area contributed by atoms with Gasteiger partial charge in [-0.25, -0.2) is 0 Å². The summed E-state index contributed by atoms with van der Waals surface area (Å²) in [6.45, 7) is 10.5. The van der Waals surface area contributed by atoms with Crippen molar-refractivity contribution in [2.75, 3.05) is 0 Å². The summed E-state index contributed by atoms with van der Waals surface area (Å²) in [5, 5.41) is 10.2. The van der Waals surface area contributed by atoms with Gasteiger partial charge in [0.1, 0.15) is 11.4 Å². The summed E-state index contributed by atoms with van der Waals surface area (Å²) in [7, 11) is -1.76. The number of Topliss-reactive ketones (excluding diaryl/α,β-unsaturated/α-hetero) is 1. The quantitative estimate of drug-likeness (QED) is 0.306. The van der Waals surface area contributed by atoms with E-state index < -0.39 is 20.0 Å². The average Bonchev–Trinajstić information content (AvgIpc) is 3.45. The van der Waals surface area contributed by atoms with Crippen LogP contribution in [-0.2, 0) is 9.22 Å². The molecule has 142 valence electrons.